The van der Waals surface area contributed by atoms with Gasteiger partial charge >= 0.3 is 5.97 Å². The molecule has 2 N–H and O–H groups in total. The van der Waals surface area contributed by atoms with Gasteiger partial charge in [0.1, 0.15) is 18.9 Å². The Balaban J connectivity index is 1.12. The number of aliphatic carboxylic acids is 1. The second-order valence-corrected chi connectivity index (χ2v) is 12.9. The van der Waals surface area contributed by atoms with Crippen LogP contribution in [0.3, 0.4) is 0 Å². The fourth-order valence-electron chi connectivity index (χ4n) is 6.75. The van der Waals surface area contributed by atoms with Crippen molar-refractivity contribution in [1.82, 2.24) is 14.8 Å². The Kier molecular flexibility index (Phi) is 9.49. The molecule has 9 heteroatoms. The number of aromatic nitrogens is 3. The largest absolute Gasteiger partial charge is 0.481 e. The Morgan fingerprint density at radius 1 is 0.800 bits per heavy atom. The van der Waals surface area contributed by atoms with Crippen molar-refractivity contribution in [3.63, 3.8) is 0 Å². The van der Waals surface area contributed by atoms with Gasteiger partial charge in [0.25, 0.3) is 0 Å². The van der Waals surface area contributed by atoms with Gasteiger partial charge in [-0.2, -0.15) is 10.1 Å². The van der Waals surface area contributed by atoms with Gasteiger partial charge in [0, 0.05) is 37.3 Å². The Morgan fingerprint density at radius 2 is 1.40 bits per heavy atom. The van der Waals surface area contributed by atoms with Crippen LogP contribution in [0.25, 0.3) is 22.2 Å². The molecule has 0 spiro atoms. The van der Waals surface area contributed by atoms with Gasteiger partial charge in [0.15, 0.2) is 0 Å². The van der Waals surface area contributed by atoms with Crippen molar-refractivity contribution in [3.8, 4) is 23.0 Å². The van der Waals surface area contributed by atoms with E-state index in [1.54, 1.807) is 0 Å². The number of fused-ring (bicyclic) bond motifs is 1. The van der Waals surface area contributed by atoms with Crippen LogP contribution >= 0.6 is 0 Å². The second-order valence-electron chi connectivity index (χ2n) is 12.9. The molecule has 1 unspecified atom stereocenters. The van der Waals surface area contributed by atoms with Crippen LogP contribution in [0.5, 0.6) is 11.8 Å². The molecule has 254 valence electrons. The average Bonchev–Trinajstić information content (AvgIpc) is 3.48. The van der Waals surface area contributed by atoms with Crippen molar-refractivity contribution in [2.45, 2.75) is 38.1 Å². The van der Waals surface area contributed by atoms with E-state index in [-0.39, 0.29) is 0 Å². The monoisotopic (exact) mass is 668 g/mol. The highest BCUT2D eigenvalue weighted by Crippen LogP contribution is 2.38. The van der Waals surface area contributed by atoms with Crippen molar-refractivity contribution in [2.75, 3.05) is 18.0 Å². The zero-order chi connectivity index (χ0) is 34.5. The second kappa shape index (κ2) is 14.4. The number of benzene rings is 4. The average molecular weight is 669 g/mol. The lowest BCUT2D eigenvalue weighted by molar-refractivity contribution is -0.153. The zero-order valence-electron chi connectivity index (χ0n) is 28.0. The molecule has 2 aromatic heterocycles. The molecule has 0 aliphatic carbocycles. The van der Waals surface area contributed by atoms with Crippen LogP contribution in [-0.4, -0.2) is 49.6 Å². The molecule has 1 aliphatic heterocycles. The standard InChI is InChI=1S/C41H40N4O5/c1-44-36-26-32(45-23-21-41(48,22-24-45)35(40(46)47)25-29-11-5-2-6-12-29)17-18-33(36)38(43-44)34-19-20-37(49-27-30-13-7-3-8-14-30)42-39(34)50-28-31-15-9-4-10-16-31/h2-20,26,35,48H,21-25,27-28H2,1H3,(H,46,47). The van der Waals surface area contributed by atoms with Crippen LogP contribution in [0.15, 0.2) is 121 Å². The predicted molar refractivity (Wildman–Crippen MR) is 193 cm³/mol. The van der Waals surface area contributed by atoms with Crippen molar-refractivity contribution in [3.05, 3.63) is 138 Å². The maximum atomic E-state index is 12.3. The maximum absolute atomic E-state index is 12.3. The SMILES string of the molecule is Cn1nc(-c2ccc(OCc3ccccc3)nc2OCc2ccccc2)c2ccc(N3CCC(O)(C(Cc4ccccc4)C(=O)O)CC3)cc21. The number of nitrogens with zero attached hydrogens (tertiary/aromatic N) is 4. The molecule has 1 saturated heterocycles. The van der Waals surface area contributed by atoms with Crippen molar-refractivity contribution in [2.24, 2.45) is 13.0 Å². The number of hydrogen-bond donors (Lipinski definition) is 2. The van der Waals surface area contributed by atoms with Gasteiger partial charge in [0.05, 0.1) is 22.6 Å². The highest BCUT2D eigenvalue weighted by atomic mass is 16.5. The maximum Gasteiger partial charge on any atom is 0.309 e. The summed E-state index contributed by atoms with van der Waals surface area (Å²) in [6.45, 7) is 1.81. The fourth-order valence-corrected chi connectivity index (χ4v) is 6.75. The molecule has 4 aromatic carbocycles. The third kappa shape index (κ3) is 7.18. The van der Waals surface area contributed by atoms with E-state index < -0.39 is 17.5 Å². The number of hydrogen-bond acceptors (Lipinski definition) is 7. The predicted octanol–water partition coefficient (Wildman–Crippen LogP) is 7.07. The van der Waals surface area contributed by atoms with E-state index in [1.807, 2.05) is 115 Å². The van der Waals surface area contributed by atoms with E-state index in [0.29, 0.717) is 57.3 Å². The Labute approximate surface area is 291 Å². The van der Waals surface area contributed by atoms with Gasteiger partial charge < -0.3 is 24.6 Å². The molecular formula is C41H40N4O5. The van der Waals surface area contributed by atoms with Crippen LogP contribution < -0.4 is 14.4 Å². The number of rotatable bonds is 12. The summed E-state index contributed by atoms with van der Waals surface area (Å²) in [5.41, 5.74) is 5.12. The molecule has 1 fully saturated rings. The number of ether oxygens (including phenoxy) is 2. The third-order valence-electron chi connectivity index (χ3n) is 9.60. The lowest BCUT2D eigenvalue weighted by Crippen LogP contribution is -2.52. The molecule has 0 amide bonds. The third-order valence-corrected chi connectivity index (χ3v) is 9.60. The zero-order valence-corrected chi connectivity index (χ0v) is 28.0. The van der Waals surface area contributed by atoms with Crippen molar-refractivity contribution in [1.29, 1.82) is 0 Å². The van der Waals surface area contributed by atoms with Crippen LogP contribution in [0.2, 0.25) is 0 Å². The Morgan fingerprint density at radius 3 is 2.02 bits per heavy atom. The number of aryl methyl sites for hydroxylation is 1. The molecule has 6 aromatic rings. The van der Waals surface area contributed by atoms with Gasteiger partial charge in [-0.3, -0.25) is 9.48 Å². The van der Waals surface area contributed by atoms with Crippen LogP contribution in [0.4, 0.5) is 5.69 Å². The van der Waals surface area contributed by atoms with Gasteiger partial charge in [-0.15, -0.1) is 0 Å². The number of carbonyl (C=O) groups is 1. The molecule has 9 nitrogen and oxygen atoms in total. The van der Waals surface area contributed by atoms with E-state index in [2.05, 4.69) is 23.1 Å². The lowest BCUT2D eigenvalue weighted by Gasteiger charge is -2.42. The molecule has 1 aliphatic rings. The van der Waals surface area contributed by atoms with Gasteiger partial charge in [0.2, 0.25) is 11.8 Å². The van der Waals surface area contributed by atoms with Gasteiger partial charge in [-0.05, 0) is 60.2 Å². The van der Waals surface area contributed by atoms with E-state index in [1.165, 1.54) is 0 Å². The normalized spacial score (nSPS) is 14.7. The van der Waals surface area contributed by atoms with Crippen LogP contribution in [0.1, 0.15) is 29.5 Å². The fraction of sp³-hybridized carbons (Fsp3) is 0.244. The quantitative estimate of drug-likeness (QED) is 0.143. The van der Waals surface area contributed by atoms with Crippen LogP contribution in [0, 0.1) is 5.92 Å². The number of piperidine rings is 1. The van der Waals surface area contributed by atoms with E-state index in [0.717, 1.165) is 44.5 Å². The summed E-state index contributed by atoms with van der Waals surface area (Å²) in [5, 5.41) is 27.5. The molecule has 0 bridgehead atoms. The summed E-state index contributed by atoms with van der Waals surface area (Å²) in [4.78, 5) is 19.3. The summed E-state index contributed by atoms with van der Waals surface area (Å²) in [6, 6.07) is 39.5. The minimum atomic E-state index is -1.29. The van der Waals surface area contributed by atoms with Gasteiger partial charge in [-0.1, -0.05) is 91.0 Å². The summed E-state index contributed by atoms with van der Waals surface area (Å²) in [7, 11) is 1.92. The first-order valence-electron chi connectivity index (χ1n) is 16.9. The lowest BCUT2D eigenvalue weighted by atomic mass is 9.76. The highest BCUT2D eigenvalue weighted by Gasteiger charge is 2.43. The first kappa shape index (κ1) is 32.9. The molecule has 3 heterocycles. The summed E-state index contributed by atoms with van der Waals surface area (Å²) >= 11 is 0. The Bertz CT molecular complexity index is 2060. The van der Waals surface area contributed by atoms with E-state index in [4.69, 9.17) is 19.6 Å². The van der Waals surface area contributed by atoms with Gasteiger partial charge in [-0.25, -0.2) is 0 Å². The summed E-state index contributed by atoms with van der Waals surface area (Å²) in [6.07, 6.45) is 1.01. The summed E-state index contributed by atoms with van der Waals surface area (Å²) < 4.78 is 14.2. The number of anilines is 1. The number of carboxylic acid groups (broad SMARTS) is 1. The van der Waals surface area contributed by atoms with Crippen molar-refractivity contribution >= 4 is 22.6 Å². The topological polar surface area (TPSA) is 110 Å². The molecular weight excluding hydrogens is 628 g/mol. The number of aliphatic hydroxyl groups is 1. The smallest absolute Gasteiger partial charge is 0.309 e. The first-order chi connectivity index (χ1) is 24.4. The molecule has 1 atom stereocenters. The molecule has 0 radical (unpaired) electrons. The Hall–Kier alpha value is -5.67. The van der Waals surface area contributed by atoms with Crippen LogP contribution in [-0.2, 0) is 31.5 Å². The van der Waals surface area contributed by atoms with E-state index >= 15 is 0 Å². The van der Waals surface area contributed by atoms with E-state index in [9.17, 15) is 15.0 Å². The first-order valence-corrected chi connectivity index (χ1v) is 16.9. The summed E-state index contributed by atoms with van der Waals surface area (Å²) in [5.74, 6) is -0.952. The number of carboxylic acids is 1. The molecule has 0 saturated carbocycles. The minimum Gasteiger partial charge on any atom is -0.481 e. The minimum absolute atomic E-state index is 0.294. The molecule has 7 rings (SSSR count). The van der Waals surface area contributed by atoms with Crippen molar-refractivity contribution < 1.29 is 24.5 Å². The number of pyridine rings is 1. The molecule has 50 heavy (non-hydrogen) atoms. The highest BCUT2D eigenvalue weighted by molar-refractivity contribution is 5.96.